The largest absolute Gasteiger partial charge is 0.439 e. The van der Waals surface area contributed by atoms with E-state index >= 15 is 0 Å². The molecule has 2 heterocycles. The maximum Gasteiger partial charge on any atom is 0.219 e. The summed E-state index contributed by atoms with van der Waals surface area (Å²) in [5, 5.41) is 6.29. The Morgan fingerprint density at radius 2 is 2.17 bits per heavy atom. The van der Waals surface area contributed by atoms with Crippen molar-refractivity contribution in [3.8, 4) is 11.6 Å². The number of benzene rings is 1. The lowest BCUT2D eigenvalue weighted by Gasteiger charge is -2.15. The molecule has 1 fully saturated rings. The van der Waals surface area contributed by atoms with E-state index in [1.54, 1.807) is 24.4 Å². The van der Waals surface area contributed by atoms with Gasteiger partial charge in [0.25, 0.3) is 0 Å². The molecule has 1 unspecified atom stereocenters. The predicted molar refractivity (Wildman–Crippen MR) is 121 cm³/mol. The lowest BCUT2D eigenvalue weighted by atomic mass is 10.2. The Bertz CT molecular complexity index is 939. The van der Waals surface area contributed by atoms with Gasteiger partial charge in [-0.25, -0.2) is 22.8 Å². The van der Waals surface area contributed by atoms with Crippen molar-refractivity contribution in [2.75, 3.05) is 18.1 Å². The second-order valence-corrected chi connectivity index (χ2v) is 8.73. The molecule has 1 aliphatic heterocycles. The van der Waals surface area contributed by atoms with Crippen LogP contribution in [0.25, 0.3) is 0 Å². The number of aromatic nitrogens is 1. The Morgan fingerprint density at radius 3 is 2.79 bits per heavy atom. The van der Waals surface area contributed by atoms with Crippen LogP contribution in [0.15, 0.2) is 47.6 Å². The number of sulfone groups is 1. The van der Waals surface area contributed by atoms with Gasteiger partial charge in [-0.2, -0.15) is 0 Å². The minimum atomic E-state index is -2.95. The Morgan fingerprint density at radius 1 is 1.34 bits per heavy atom. The highest BCUT2D eigenvalue weighted by Crippen LogP contribution is 2.20. The topological polar surface area (TPSA) is 92.7 Å². The van der Waals surface area contributed by atoms with Crippen LogP contribution < -0.4 is 15.4 Å². The van der Waals surface area contributed by atoms with Crippen LogP contribution >= 0.6 is 24.0 Å². The van der Waals surface area contributed by atoms with Gasteiger partial charge in [0.2, 0.25) is 5.88 Å². The summed E-state index contributed by atoms with van der Waals surface area (Å²) in [6.45, 7) is 2.99. The minimum Gasteiger partial charge on any atom is -0.439 e. The first kappa shape index (κ1) is 23.3. The zero-order valence-electron chi connectivity index (χ0n) is 16.0. The van der Waals surface area contributed by atoms with Crippen molar-refractivity contribution in [1.82, 2.24) is 15.6 Å². The molecule has 0 radical (unpaired) electrons. The first-order valence-electron chi connectivity index (χ1n) is 9.07. The van der Waals surface area contributed by atoms with E-state index in [0.29, 0.717) is 37.1 Å². The number of ether oxygens (including phenoxy) is 1. The number of hydrogen-bond acceptors (Lipinski definition) is 5. The van der Waals surface area contributed by atoms with Gasteiger partial charge in [-0.3, -0.25) is 0 Å². The molecule has 0 aliphatic carbocycles. The molecule has 3 rings (SSSR count). The Balaban J connectivity index is 0.00000300. The maximum absolute atomic E-state index is 13.2. The number of pyridine rings is 1. The third-order valence-electron chi connectivity index (χ3n) is 4.15. The smallest absolute Gasteiger partial charge is 0.219 e. The molecule has 10 heteroatoms. The summed E-state index contributed by atoms with van der Waals surface area (Å²) in [6.07, 6.45) is 2.22. The summed E-state index contributed by atoms with van der Waals surface area (Å²) in [7, 11) is -2.95. The van der Waals surface area contributed by atoms with E-state index in [1.807, 2.05) is 13.0 Å². The highest BCUT2D eigenvalue weighted by atomic mass is 127. The lowest BCUT2D eigenvalue weighted by Crippen LogP contribution is -2.44. The van der Waals surface area contributed by atoms with Gasteiger partial charge in [-0.05, 0) is 31.0 Å². The zero-order chi connectivity index (χ0) is 20.0. The van der Waals surface area contributed by atoms with Gasteiger partial charge in [0.05, 0.1) is 18.1 Å². The van der Waals surface area contributed by atoms with Gasteiger partial charge in [-0.1, -0.05) is 12.1 Å². The van der Waals surface area contributed by atoms with E-state index in [9.17, 15) is 12.8 Å². The normalized spacial score (nSPS) is 18.0. The SMILES string of the molecule is CCNC(=NCc1ccc(Oc2cccc(F)c2)nc1)NC1CCS(=O)(=O)C1.I. The molecule has 2 N–H and O–H groups in total. The zero-order valence-corrected chi connectivity index (χ0v) is 19.1. The van der Waals surface area contributed by atoms with E-state index in [4.69, 9.17) is 4.74 Å². The van der Waals surface area contributed by atoms with Crippen LogP contribution in [0, 0.1) is 5.82 Å². The fourth-order valence-corrected chi connectivity index (χ4v) is 4.48. The number of halogens is 2. The summed E-state index contributed by atoms with van der Waals surface area (Å²) in [5.41, 5.74) is 0.864. The van der Waals surface area contributed by atoms with Crippen LogP contribution in [-0.2, 0) is 16.4 Å². The molecular formula is C19H24FIN4O3S. The van der Waals surface area contributed by atoms with Crippen molar-refractivity contribution >= 4 is 39.8 Å². The van der Waals surface area contributed by atoms with Gasteiger partial charge in [0.15, 0.2) is 15.8 Å². The highest BCUT2D eigenvalue weighted by Gasteiger charge is 2.28. The van der Waals surface area contributed by atoms with E-state index < -0.39 is 9.84 Å². The molecule has 2 aromatic rings. The van der Waals surface area contributed by atoms with Crippen LogP contribution in [0.1, 0.15) is 18.9 Å². The molecule has 0 amide bonds. The minimum absolute atomic E-state index is 0. The van der Waals surface area contributed by atoms with Crippen molar-refractivity contribution in [3.05, 3.63) is 54.0 Å². The molecule has 29 heavy (non-hydrogen) atoms. The monoisotopic (exact) mass is 534 g/mol. The van der Waals surface area contributed by atoms with Crippen molar-refractivity contribution in [2.45, 2.75) is 25.9 Å². The average molecular weight is 534 g/mol. The predicted octanol–water partition coefficient (Wildman–Crippen LogP) is 2.87. The Labute approximate surface area is 187 Å². The van der Waals surface area contributed by atoms with Crippen LogP contribution in [0.5, 0.6) is 11.6 Å². The van der Waals surface area contributed by atoms with Crippen molar-refractivity contribution in [3.63, 3.8) is 0 Å². The van der Waals surface area contributed by atoms with E-state index in [0.717, 1.165) is 5.56 Å². The van der Waals surface area contributed by atoms with Crippen LogP contribution in [0.3, 0.4) is 0 Å². The van der Waals surface area contributed by atoms with E-state index in [1.165, 1.54) is 12.1 Å². The third-order valence-corrected chi connectivity index (χ3v) is 5.92. The molecule has 1 saturated heterocycles. The first-order valence-corrected chi connectivity index (χ1v) is 10.9. The fraction of sp³-hybridized carbons (Fsp3) is 0.368. The van der Waals surface area contributed by atoms with Crippen LogP contribution in [-0.4, -0.2) is 43.5 Å². The maximum atomic E-state index is 13.2. The lowest BCUT2D eigenvalue weighted by molar-refractivity contribution is 0.457. The molecule has 0 spiro atoms. The summed E-state index contributed by atoms with van der Waals surface area (Å²) in [6, 6.07) is 9.26. The average Bonchev–Trinajstić information content (AvgIpc) is 2.99. The number of hydrogen-bond donors (Lipinski definition) is 2. The molecule has 7 nitrogen and oxygen atoms in total. The number of nitrogens with zero attached hydrogens (tertiary/aromatic N) is 2. The second-order valence-electron chi connectivity index (χ2n) is 6.50. The van der Waals surface area contributed by atoms with Crippen molar-refractivity contribution < 1.29 is 17.5 Å². The molecule has 1 aliphatic rings. The summed E-state index contributed by atoms with van der Waals surface area (Å²) in [4.78, 5) is 8.71. The first-order chi connectivity index (χ1) is 13.4. The van der Waals surface area contributed by atoms with Gasteiger partial charge < -0.3 is 15.4 Å². The Hall–Kier alpha value is -1.95. The standard InChI is InChI=1S/C19H23FN4O3S.HI/c1-2-21-19(24-16-8-9-28(25,26)13-16)23-12-14-6-7-18(22-11-14)27-17-5-3-4-15(20)10-17;/h3-7,10-11,16H,2,8-9,12-13H2,1H3,(H2,21,23,24);1H. The Kier molecular flexibility index (Phi) is 8.62. The summed E-state index contributed by atoms with van der Waals surface area (Å²) < 4.78 is 41.9. The molecule has 1 aromatic heterocycles. The van der Waals surface area contributed by atoms with Crippen molar-refractivity contribution in [2.24, 2.45) is 4.99 Å². The number of aliphatic imine (C=N–C) groups is 1. The molecular weight excluding hydrogens is 510 g/mol. The van der Waals surface area contributed by atoms with Gasteiger partial charge in [0, 0.05) is 30.9 Å². The molecule has 0 saturated carbocycles. The molecule has 1 atom stereocenters. The second kappa shape index (κ2) is 10.7. The highest BCUT2D eigenvalue weighted by molar-refractivity contribution is 14.0. The van der Waals surface area contributed by atoms with Gasteiger partial charge >= 0.3 is 0 Å². The van der Waals surface area contributed by atoms with E-state index in [2.05, 4.69) is 20.6 Å². The molecule has 158 valence electrons. The summed E-state index contributed by atoms with van der Waals surface area (Å²) in [5.74, 6) is 1.28. The van der Waals surface area contributed by atoms with Crippen LogP contribution in [0.2, 0.25) is 0 Å². The van der Waals surface area contributed by atoms with Gasteiger partial charge in [-0.15, -0.1) is 24.0 Å². The molecule has 1 aromatic carbocycles. The summed E-state index contributed by atoms with van der Waals surface area (Å²) >= 11 is 0. The fourth-order valence-electron chi connectivity index (χ4n) is 2.81. The van der Waals surface area contributed by atoms with Crippen LogP contribution in [0.4, 0.5) is 4.39 Å². The quantitative estimate of drug-likeness (QED) is 0.337. The molecule has 0 bridgehead atoms. The van der Waals surface area contributed by atoms with E-state index in [-0.39, 0.29) is 47.3 Å². The number of nitrogens with one attached hydrogen (secondary N) is 2. The van der Waals surface area contributed by atoms with Crippen molar-refractivity contribution in [1.29, 1.82) is 0 Å². The number of rotatable bonds is 6. The number of guanidine groups is 1. The third kappa shape index (κ3) is 7.42. The van der Waals surface area contributed by atoms with Gasteiger partial charge in [0.1, 0.15) is 11.6 Å².